The molecule has 1 saturated heterocycles. The van der Waals surface area contributed by atoms with Gasteiger partial charge in [0.15, 0.2) is 17.3 Å². The van der Waals surface area contributed by atoms with Crippen molar-refractivity contribution < 1.29 is 14.2 Å². The SMILES string of the molecule is c1cc2c(cc1-c1nnc3n1CCCC[C@H]3C1CCOCC1)OCCO2. The van der Waals surface area contributed by atoms with Crippen LogP contribution in [-0.2, 0) is 11.3 Å². The van der Waals surface area contributed by atoms with Gasteiger partial charge in [-0.15, -0.1) is 10.2 Å². The summed E-state index contributed by atoms with van der Waals surface area (Å²) in [4.78, 5) is 0. The molecule has 0 aliphatic carbocycles. The lowest BCUT2D eigenvalue weighted by molar-refractivity contribution is 0.0556. The lowest BCUT2D eigenvalue weighted by atomic mass is 9.82. The summed E-state index contributed by atoms with van der Waals surface area (Å²) in [5.74, 6) is 4.91. The van der Waals surface area contributed by atoms with Gasteiger partial charge < -0.3 is 18.8 Å². The van der Waals surface area contributed by atoms with E-state index in [4.69, 9.17) is 14.2 Å². The maximum atomic E-state index is 5.75. The predicted octanol–water partition coefficient (Wildman–Crippen LogP) is 3.41. The van der Waals surface area contributed by atoms with Crippen molar-refractivity contribution in [3.05, 3.63) is 24.0 Å². The van der Waals surface area contributed by atoms with Gasteiger partial charge in [-0.3, -0.25) is 0 Å². The zero-order valence-electron chi connectivity index (χ0n) is 15.0. The fourth-order valence-electron chi connectivity index (χ4n) is 4.53. The maximum absolute atomic E-state index is 5.75. The molecular weight excluding hydrogens is 330 g/mol. The van der Waals surface area contributed by atoms with Crippen LogP contribution in [0.25, 0.3) is 11.4 Å². The number of hydrogen-bond acceptors (Lipinski definition) is 5. The van der Waals surface area contributed by atoms with E-state index in [1.54, 1.807) is 0 Å². The fourth-order valence-corrected chi connectivity index (χ4v) is 4.53. The lowest BCUT2D eigenvalue weighted by Gasteiger charge is -2.29. The molecule has 0 unspecified atom stereocenters. The molecule has 138 valence electrons. The summed E-state index contributed by atoms with van der Waals surface area (Å²) in [6, 6.07) is 6.09. The van der Waals surface area contributed by atoms with Crippen molar-refractivity contribution in [2.45, 2.75) is 44.6 Å². The highest BCUT2D eigenvalue weighted by Gasteiger charge is 2.32. The monoisotopic (exact) mass is 355 g/mol. The molecule has 6 nitrogen and oxygen atoms in total. The molecule has 26 heavy (non-hydrogen) atoms. The summed E-state index contributed by atoms with van der Waals surface area (Å²) in [6.07, 6.45) is 5.92. The summed E-state index contributed by atoms with van der Waals surface area (Å²) in [5.41, 5.74) is 1.06. The lowest BCUT2D eigenvalue weighted by Crippen LogP contribution is -2.23. The van der Waals surface area contributed by atoms with Crippen molar-refractivity contribution in [1.82, 2.24) is 14.8 Å². The molecule has 0 bridgehead atoms. The molecule has 4 heterocycles. The predicted molar refractivity (Wildman–Crippen MR) is 96.6 cm³/mol. The third kappa shape index (κ3) is 2.86. The molecule has 1 fully saturated rings. The van der Waals surface area contributed by atoms with Crippen LogP contribution in [0.2, 0.25) is 0 Å². The topological polar surface area (TPSA) is 58.4 Å². The van der Waals surface area contributed by atoms with Gasteiger partial charge in [-0.2, -0.15) is 0 Å². The van der Waals surface area contributed by atoms with E-state index >= 15 is 0 Å². The quantitative estimate of drug-likeness (QED) is 0.826. The first-order valence-corrected chi connectivity index (χ1v) is 9.81. The van der Waals surface area contributed by atoms with E-state index < -0.39 is 0 Å². The number of hydrogen-bond donors (Lipinski definition) is 0. The van der Waals surface area contributed by atoms with Crippen LogP contribution in [0.15, 0.2) is 18.2 Å². The Labute approximate surface area is 153 Å². The second-order valence-electron chi connectivity index (χ2n) is 7.44. The second-order valence-corrected chi connectivity index (χ2v) is 7.44. The van der Waals surface area contributed by atoms with Crippen molar-refractivity contribution in [3.63, 3.8) is 0 Å². The smallest absolute Gasteiger partial charge is 0.164 e. The zero-order chi connectivity index (χ0) is 17.3. The third-order valence-electron chi connectivity index (χ3n) is 5.89. The molecule has 1 aromatic carbocycles. The van der Waals surface area contributed by atoms with Crippen molar-refractivity contribution in [3.8, 4) is 22.9 Å². The van der Waals surface area contributed by atoms with Gasteiger partial charge in [-0.25, -0.2) is 0 Å². The van der Waals surface area contributed by atoms with E-state index in [9.17, 15) is 0 Å². The van der Waals surface area contributed by atoms with Gasteiger partial charge in [0.1, 0.15) is 19.0 Å². The summed E-state index contributed by atoms with van der Waals surface area (Å²) < 4.78 is 19.3. The van der Waals surface area contributed by atoms with E-state index in [-0.39, 0.29) is 0 Å². The first-order valence-electron chi connectivity index (χ1n) is 9.81. The minimum absolute atomic E-state index is 0.500. The molecule has 3 aliphatic heterocycles. The zero-order valence-corrected chi connectivity index (χ0v) is 15.0. The van der Waals surface area contributed by atoms with Gasteiger partial charge in [0.05, 0.1) is 0 Å². The summed E-state index contributed by atoms with van der Waals surface area (Å²) >= 11 is 0. The fraction of sp³-hybridized carbons (Fsp3) is 0.600. The van der Waals surface area contributed by atoms with Crippen LogP contribution < -0.4 is 9.47 Å². The van der Waals surface area contributed by atoms with Crippen LogP contribution in [0.1, 0.15) is 43.8 Å². The number of nitrogens with zero attached hydrogens (tertiary/aromatic N) is 3. The maximum Gasteiger partial charge on any atom is 0.164 e. The highest BCUT2D eigenvalue weighted by atomic mass is 16.6. The van der Waals surface area contributed by atoms with Crippen LogP contribution in [0.5, 0.6) is 11.5 Å². The average Bonchev–Trinajstić information content (AvgIpc) is 3.00. The number of rotatable bonds is 2. The van der Waals surface area contributed by atoms with Gasteiger partial charge >= 0.3 is 0 Å². The van der Waals surface area contributed by atoms with Gasteiger partial charge in [0.25, 0.3) is 0 Å². The molecule has 3 aliphatic rings. The Morgan fingerprint density at radius 1 is 0.885 bits per heavy atom. The Hall–Kier alpha value is -2.08. The molecule has 0 amide bonds. The van der Waals surface area contributed by atoms with Gasteiger partial charge in [0.2, 0.25) is 0 Å². The van der Waals surface area contributed by atoms with E-state index in [0.717, 1.165) is 55.5 Å². The largest absolute Gasteiger partial charge is 0.486 e. The van der Waals surface area contributed by atoms with Gasteiger partial charge in [-0.1, -0.05) is 6.42 Å². The van der Waals surface area contributed by atoms with Gasteiger partial charge in [-0.05, 0) is 49.8 Å². The van der Waals surface area contributed by atoms with Crippen molar-refractivity contribution in [2.24, 2.45) is 5.92 Å². The number of ether oxygens (including phenoxy) is 3. The summed E-state index contributed by atoms with van der Waals surface area (Å²) in [6.45, 7) is 3.96. The van der Waals surface area contributed by atoms with Crippen molar-refractivity contribution in [1.29, 1.82) is 0 Å². The van der Waals surface area contributed by atoms with E-state index in [1.807, 2.05) is 12.1 Å². The standard InChI is InChI=1S/C20H25N3O3/c1-2-8-23-19(15-4-5-17-18(13-15)26-12-11-25-17)21-22-20(23)16(3-1)14-6-9-24-10-7-14/h4-5,13-14,16H,1-3,6-12H2/t16-/m0/s1. The normalized spacial score (nSPS) is 23.3. The first-order chi connectivity index (χ1) is 12.9. The van der Waals surface area contributed by atoms with E-state index in [0.29, 0.717) is 25.0 Å². The Balaban J connectivity index is 1.51. The molecule has 1 aromatic heterocycles. The molecule has 1 atom stereocenters. The molecule has 5 rings (SSSR count). The number of aromatic nitrogens is 3. The number of benzene rings is 1. The first kappa shape index (κ1) is 16.1. The van der Waals surface area contributed by atoms with Crippen LogP contribution in [-0.4, -0.2) is 41.2 Å². The summed E-state index contributed by atoms with van der Waals surface area (Å²) in [5, 5.41) is 9.25. The summed E-state index contributed by atoms with van der Waals surface area (Å²) in [7, 11) is 0. The molecule has 0 spiro atoms. The molecule has 6 heteroatoms. The highest BCUT2D eigenvalue weighted by Crippen LogP contribution is 2.40. The van der Waals surface area contributed by atoms with E-state index in [2.05, 4.69) is 20.8 Å². The minimum Gasteiger partial charge on any atom is -0.486 e. The van der Waals surface area contributed by atoms with Crippen molar-refractivity contribution in [2.75, 3.05) is 26.4 Å². The third-order valence-corrected chi connectivity index (χ3v) is 5.89. The second kappa shape index (κ2) is 6.91. The Bertz CT molecular complexity index is 783. The Morgan fingerprint density at radius 2 is 1.73 bits per heavy atom. The highest BCUT2D eigenvalue weighted by molar-refractivity contribution is 5.62. The number of fused-ring (bicyclic) bond motifs is 2. The van der Waals surface area contributed by atoms with Crippen LogP contribution in [0.4, 0.5) is 0 Å². The molecule has 2 aromatic rings. The van der Waals surface area contributed by atoms with Crippen molar-refractivity contribution >= 4 is 0 Å². The molecule has 0 saturated carbocycles. The molecular formula is C20H25N3O3. The molecule has 0 N–H and O–H groups in total. The minimum atomic E-state index is 0.500. The average molecular weight is 355 g/mol. The van der Waals surface area contributed by atoms with Crippen LogP contribution in [0.3, 0.4) is 0 Å². The Kier molecular flexibility index (Phi) is 4.28. The molecule has 0 radical (unpaired) electrons. The van der Waals surface area contributed by atoms with Crippen LogP contribution in [0, 0.1) is 5.92 Å². The Morgan fingerprint density at radius 3 is 2.62 bits per heavy atom. The van der Waals surface area contributed by atoms with Crippen LogP contribution >= 0.6 is 0 Å². The van der Waals surface area contributed by atoms with E-state index in [1.165, 1.54) is 25.1 Å². The van der Waals surface area contributed by atoms with Gasteiger partial charge in [0, 0.05) is 31.2 Å².